The summed E-state index contributed by atoms with van der Waals surface area (Å²) < 4.78 is 24.1. The van der Waals surface area contributed by atoms with Crippen LogP contribution in [0.15, 0.2) is 86.4 Å². The molecule has 0 aliphatic rings. The number of hydrogen-bond acceptors (Lipinski definition) is 6. The standard InChI is InChI=1S/C16H14ClN3O3S/c17-16(24(22,23)14-9-5-2-6-10-14)12-18-20-15(11-19-21)13-7-3-1-4-8-13/h1-12,18,21H/b16-12-,19-11+,20-15+. The molecule has 0 aromatic heterocycles. The molecule has 0 aliphatic carbocycles. The minimum atomic E-state index is -3.80. The second kappa shape index (κ2) is 8.28. The van der Waals surface area contributed by atoms with Gasteiger partial charge in [0.05, 0.1) is 17.3 Å². The number of oxime groups is 1. The van der Waals surface area contributed by atoms with Crippen molar-refractivity contribution in [3.05, 3.63) is 76.8 Å². The Labute approximate surface area is 144 Å². The van der Waals surface area contributed by atoms with Gasteiger partial charge in [-0.05, 0) is 12.1 Å². The van der Waals surface area contributed by atoms with E-state index in [-0.39, 0.29) is 4.90 Å². The predicted octanol–water partition coefficient (Wildman–Crippen LogP) is 2.95. The van der Waals surface area contributed by atoms with Gasteiger partial charge < -0.3 is 5.21 Å². The molecule has 8 heteroatoms. The lowest BCUT2D eigenvalue weighted by Crippen LogP contribution is -2.10. The molecule has 6 nitrogen and oxygen atoms in total. The highest BCUT2D eigenvalue weighted by atomic mass is 35.5. The van der Waals surface area contributed by atoms with Gasteiger partial charge in [-0.2, -0.15) is 5.10 Å². The van der Waals surface area contributed by atoms with Gasteiger partial charge in [0.2, 0.25) is 9.84 Å². The van der Waals surface area contributed by atoms with Gasteiger partial charge in [-0.15, -0.1) is 0 Å². The number of rotatable bonds is 6. The second-order valence-electron chi connectivity index (χ2n) is 4.50. The van der Waals surface area contributed by atoms with Crippen LogP contribution < -0.4 is 5.43 Å². The van der Waals surface area contributed by atoms with Crippen LogP contribution in [-0.2, 0) is 9.84 Å². The first-order valence-electron chi connectivity index (χ1n) is 6.77. The van der Waals surface area contributed by atoms with E-state index >= 15 is 0 Å². The van der Waals surface area contributed by atoms with Gasteiger partial charge in [0.1, 0.15) is 5.71 Å². The van der Waals surface area contributed by atoms with E-state index in [0.29, 0.717) is 11.3 Å². The van der Waals surface area contributed by atoms with E-state index in [1.54, 1.807) is 42.5 Å². The Morgan fingerprint density at radius 2 is 1.62 bits per heavy atom. The Hall–Kier alpha value is -2.64. The lowest BCUT2D eigenvalue weighted by atomic mass is 10.1. The molecule has 0 unspecified atom stereocenters. The van der Waals surface area contributed by atoms with Crippen molar-refractivity contribution in [2.24, 2.45) is 10.3 Å². The monoisotopic (exact) mass is 363 g/mol. The fourth-order valence-corrected chi connectivity index (χ4v) is 3.04. The molecule has 0 heterocycles. The highest BCUT2D eigenvalue weighted by Gasteiger charge is 2.18. The van der Waals surface area contributed by atoms with Gasteiger partial charge in [0.25, 0.3) is 0 Å². The summed E-state index contributed by atoms with van der Waals surface area (Å²) in [5, 5.41) is 15.6. The van der Waals surface area contributed by atoms with Crippen LogP contribution in [0.1, 0.15) is 5.56 Å². The van der Waals surface area contributed by atoms with E-state index in [1.807, 2.05) is 6.07 Å². The van der Waals surface area contributed by atoms with Crippen LogP contribution in [0.4, 0.5) is 0 Å². The molecule has 2 rings (SSSR count). The number of nitrogens with one attached hydrogen (secondary N) is 1. The fraction of sp³-hybridized carbons (Fsp3) is 0. The largest absolute Gasteiger partial charge is 0.411 e. The maximum absolute atomic E-state index is 12.2. The summed E-state index contributed by atoms with van der Waals surface area (Å²) >= 11 is 5.87. The molecule has 2 aromatic rings. The van der Waals surface area contributed by atoms with Crippen molar-refractivity contribution in [3.63, 3.8) is 0 Å². The molecular weight excluding hydrogens is 350 g/mol. The predicted molar refractivity (Wildman–Crippen MR) is 94.0 cm³/mol. The summed E-state index contributed by atoms with van der Waals surface area (Å²) in [6, 6.07) is 16.7. The summed E-state index contributed by atoms with van der Waals surface area (Å²) in [5.41, 5.74) is 3.44. The van der Waals surface area contributed by atoms with Crippen LogP contribution in [0, 0.1) is 0 Å². The van der Waals surface area contributed by atoms with Crippen molar-refractivity contribution in [3.8, 4) is 0 Å². The summed E-state index contributed by atoms with van der Waals surface area (Å²) in [6.45, 7) is 0. The Morgan fingerprint density at radius 1 is 1.04 bits per heavy atom. The number of hydrogen-bond donors (Lipinski definition) is 2. The van der Waals surface area contributed by atoms with E-state index in [9.17, 15) is 8.42 Å². The maximum atomic E-state index is 12.2. The first-order valence-corrected chi connectivity index (χ1v) is 8.63. The van der Waals surface area contributed by atoms with Crippen LogP contribution >= 0.6 is 11.6 Å². The van der Waals surface area contributed by atoms with Crippen molar-refractivity contribution in [2.45, 2.75) is 4.90 Å². The summed E-state index contributed by atoms with van der Waals surface area (Å²) in [6.07, 6.45) is 2.17. The minimum Gasteiger partial charge on any atom is -0.411 e. The van der Waals surface area contributed by atoms with Crippen LogP contribution in [0.2, 0.25) is 0 Å². The van der Waals surface area contributed by atoms with Crippen LogP contribution in [0.5, 0.6) is 0 Å². The van der Waals surface area contributed by atoms with Gasteiger partial charge in [-0.1, -0.05) is 65.3 Å². The van der Waals surface area contributed by atoms with Crippen molar-refractivity contribution in [1.29, 1.82) is 0 Å². The van der Waals surface area contributed by atoms with Crippen LogP contribution in [0.3, 0.4) is 0 Å². The van der Waals surface area contributed by atoms with Gasteiger partial charge in [-0.3, -0.25) is 5.43 Å². The molecule has 0 saturated heterocycles. The highest BCUT2D eigenvalue weighted by Crippen LogP contribution is 2.21. The van der Waals surface area contributed by atoms with E-state index in [0.717, 1.165) is 12.4 Å². The first-order chi connectivity index (χ1) is 11.6. The molecule has 0 bridgehead atoms. The Balaban J connectivity index is 2.22. The third-order valence-electron chi connectivity index (χ3n) is 2.92. The third kappa shape index (κ3) is 4.43. The normalized spacial score (nSPS) is 13.2. The van der Waals surface area contributed by atoms with Crippen LogP contribution in [0.25, 0.3) is 0 Å². The molecule has 0 saturated carbocycles. The fourth-order valence-electron chi connectivity index (χ4n) is 1.77. The molecular formula is C16H14ClN3O3S. The highest BCUT2D eigenvalue weighted by molar-refractivity contribution is 7.96. The SMILES string of the molecule is O=S(=O)(/C(Cl)=C\N/N=C(\C=N\O)c1ccccc1)c1ccccc1. The number of sulfone groups is 1. The molecule has 124 valence electrons. The average molecular weight is 364 g/mol. The smallest absolute Gasteiger partial charge is 0.218 e. The molecule has 0 radical (unpaired) electrons. The Kier molecular flexibility index (Phi) is 6.11. The van der Waals surface area contributed by atoms with E-state index in [1.165, 1.54) is 12.1 Å². The zero-order chi connectivity index (χ0) is 17.4. The average Bonchev–Trinajstić information content (AvgIpc) is 2.62. The first kappa shape index (κ1) is 17.7. The molecule has 0 atom stereocenters. The number of halogens is 1. The summed E-state index contributed by atoms with van der Waals surface area (Å²) in [4.78, 5) is 0.0808. The topological polar surface area (TPSA) is 91.1 Å². The van der Waals surface area contributed by atoms with Gasteiger partial charge in [0.15, 0.2) is 4.36 Å². The zero-order valence-electron chi connectivity index (χ0n) is 12.4. The molecule has 2 aromatic carbocycles. The molecule has 0 amide bonds. The van der Waals surface area contributed by atoms with Crippen molar-refractivity contribution in [1.82, 2.24) is 5.43 Å². The lowest BCUT2D eigenvalue weighted by Gasteiger charge is -2.03. The molecule has 2 N–H and O–H groups in total. The van der Waals surface area contributed by atoms with Crippen molar-refractivity contribution >= 4 is 33.4 Å². The van der Waals surface area contributed by atoms with Crippen molar-refractivity contribution < 1.29 is 13.6 Å². The van der Waals surface area contributed by atoms with E-state index in [4.69, 9.17) is 16.8 Å². The van der Waals surface area contributed by atoms with Gasteiger partial charge in [0, 0.05) is 5.56 Å². The second-order valence-corrected chi connectivity index (χ2v) is 7.05. The lowest BCUT2D eigenvalue weighted by molar-refractivity contribution is 0.322. The Morgan fingerprint density at radius 3 is 2.21 bits per heavy atom. The number of nitrogens with zero attached hydrogens (tertiary/aromatic N) is 2. The summed E-state index contributed by atoms with van der Waals surface area (Å²) in [5.74, 6) is 0. The Bertz CT molecular complexity index is 864. The van der Waals surface area contributed by atoms with Gasteiger partial charge in [-0.25, -0.2) is 8.42 Å². The minimum absolute atomic E-state index is 0.0808. The van der Waals surface area contributed by atoms with E-state index < -0.39 is 14.2 Å². The van der Waals surface area contributed by atoms with Crippen molar-refractivity contribution in [2.75, 3.05) is 0 Å². The quantitative estimate of drug-likeness (QED) is 0.469. The van der Waals surface area contributed by atoms with E-state index in [2.05, 4.69) is 15.7 Å². The van der Waals surface area contributed by atoms with Gasteiger partial charge >= 0.3 is 0 Å². The number of hydrazone groups is 1. The molecule has 0 spiro atoms. The van der Waals surface area contributed by atoms with Crippen LogP contribution in [-0.4, -0.2) is 25.6 Å². The third-order valence-corrected chi connectivity index (χ3v) is 5.17. The maximum Gasteiger partial charge on any atom is 0.218 e. The summed E-state index contributed by atoms with van der Waals surface area (Å²) in [7, 11) is -3.80. The zero-order valence-corrected chi connectivity index (χ0v) is 13.9. The number of benzene rings is 2. The molecule has 0 fully saturated rings. The molecule has 24 heavy (non-hydrogen) atoms. The molecule has 0 aliphatic heterocycles.